The summed E-state index contributed by atoms with van der Waals surface area (Å²) >= 11 is 6.66. The molecule has 1 saturated heterocycles. The van der Waals surface area contributed by atoms with Gasteiger partial charge in [0.25, 0.3) is 15.9 Å². The van der Waals surface area contributed by atoms with Gasteiger partial charge in [0.05, 0.1) is 36.5 Å². The second-order valence-electron chi connectivity index (χ2n) is 11.3. The number of amides is 1. The van der Waals surface area contributed by atoms with Gasteiger partial charge in [0.15, 0.2) is 5.54 Å². The molecule has 2 aliphatic rings. The standard InChI is InChI=1S/C33H35ClN4O6S/c1-5-43-30-15-8-22(21-36(2)3)19-27(30)33(37-17-6-7-29(37)31-35-16-18-44-31)26-20-23(34)9-14-28(26)38(32(33)39)45(40,41)25-12-10-24(42-4)11-13-25/h8-16,18-20,29H,5-7,17,21H2,1-4H3. The van der Waals surface area contributed by atoms with Crippen LogP contribution in [0.5, 0.6) is 11.5 Å². The number of carbonyl (C=O) groups excluding carboxylic acids is 1. The Morgan fingerprint density at radius 1 is 1.09 bits per heavy atom. The summed E-state index contributed by atoms with van der Waals surface area (Å²) in [6.45, 7) is 3.26. The van der Waals surface area contributed by atoms with Crippen molar-refractivity contribution in [1.29, 1.82) is 0 Å². The Labute approximate surface area is 268 Å². The molecule has 0 aliphatic carbocycles. The zero-order chi connectivity index (χ0) is 31.9. The molecule has 45 heavy (non-hydrogen) atoms. The molecule has 3 heterocycles. The average molecular weight is 651 g/mol. The summed E-state index contributed by atoms with van der Waals surface area (Å²) < 4.78 is 47.2. The number of oxazole rings is 1. The lowest BCUT2D eigenvalue weighted by Crippen LogP contribution is -2.54. The highest BCUT2D eigenvalue weighted by molar-refractivity contribution is 7.93. The third-order valence-corrected chi connectivity index (χ3v) is 10.3. The maximum absolute atomic E-state index is 15.5. The van der Waals surface area contributed by atoms with E-state index in [1.165, 1.54) is 25.5 Å². The fourth-order valence-electron chi connectivity index (χ4n) is 6.56. The minimum absolute atomic E-state index is 0.0505. The normalized spacial score (nSPS) is 20.2. The molecule has 3 aromatic carbocycles. The summed E-state index contributed by atoms with van der Waals surface area (Å²) in [5.41, 5.74) is 0.472. The van der Waals surface area contributed by atoms with Crippen LogP contribution in [0.2, 0.25) is 5.02 Å². The lowest BCUT2D eigenvalue weighted by atomic mass is 9.80. The van der Waals surface area contributed by atoms with Gasteiger partial charge in [0.1, 0.15) is 17.8 Å². The topological polar surface area (TPSA) is 105 Å². The number of nitrogens with zero attached hydrogens (tertiary/aromatic N) is 4. The molecule has 1 aromatic heterocycles. The number of halogens is 1. The summed E-state index contributed by atoms with van der Waals surface area (Å²) in [6.07, 6.45) is 4.45. The molecule has 6 rings (SSSR count). The van der Waals surface area contributed by atoms with Gasteiger partial charge in [-0.2, -0.15) is 0 Å². The summed E-state index contributed by atoms with van der Waals surface area (Å²) in [7, 11) is 1.02. The molecule has 0 N–H and O–H groups in total. The van der Waals surface area contributed by atoms with Crippen molar-refractivity contribution in [2.45, 2.75) is 42.8 Å². The first kappa shape index (κ1) is 31.1. The van der Waals surface area contributed by atoms with Crippen molar-refractivity contribution < 1.29 is 27.1 Å². The number of methoxy groups -OCH3 is 1. The van der Waals surface area contributed by atoms with Gasteiger partial charge in [0.2, 0.25) is 5.89 Å². The quantitative estimate of drug-likeness (QED) is 0.216. The van der Waals surface area contributed by atoms with E-state index in [0.29, 0.717) is 59.7 Å². The van der Waals surface area contributed by atoms with Gasteiger partial charge in [-0.15, -0.1) is 0 Å². The van der Waals surface area contributed by atoms with E-state index in [-0.39, 0.29) is 10.6 Å². The number of hydrogen-bond donors (Lipinski definition) is 0. The van der Waals surface area contributed by atoms with Crippen molar-refractivity contribution in [2.75, 3.05) is 38.7 Å². The molecule has 1 amide bonds. The molecule has 0 radical (unpaired) electrons. The molecular formula is C33H35ClN4O6S. The number of aromatic nitrogens is 1. The molecule has 0 bridgehead atoms. The van der Waals surface area contributed by atoms with E-state index < -0.39 is 27.5 Å². The van der Waals surface area contributed by atoms with Crippen molar-refractivity contribution in [2.24, 2.45) is 0 Å². The summed E-state index contributed by atoms with van der Waals surface area (Å²) in [5.74, 6) is 0.758. The zero-order valence-electron chi connectivity index (χ0n) is 25.6. The van der Waals surface area contributed by atoms with Crippen molar-refractivity contribution in [3.63, 3.8) is 0 Å². The van der Waals surface area contributed by atoms with Crippen LogP contribution < -0.4 is 13.8 Å². The Bertz CT molecular complexity index is 1810. The second-order valence-corrected chi connectivity index (χ2v) is 13.6. The fraction of sp³-hybridized carbons (Fsp3) is 0.333. The van der Waals surface area contributed by atoms with Gasteiger partial charge >= 0.3 is 0 Å². The highest BCUT2D eigenvalue weighted by atomic mass is 35.5. The predicted octanol–water partition coefficient (Wildman–Crippen LogP) is 5.61. The third kappa shape index (κ3) is 5.17. The number of anilines is 1. The fourth-order valence-corrected chi connectivity index (χ4v) is 8.19. The maximum atomic E-state index is 15.5. The minimum atomic E-state index is -4.40. The minimum Gasteiger partial charge on any atom is -0.497 e. The highest BCUT2D eigenvalue weighted by Crippen LogP contribution is 2.57. The average Bonchev–Trinajstić information content (AvgIpc) is 3.77. The van der Waals surface area contributed by atoms with Gasteiger partial charge in [0, 0.05) is 29.2 Å². The van der Waals surface area contributed by atoms with Crippen molar-refractivity contribution in [1.82, 2.24) is 14.8 Å². The third-order valence-electron chi connectivity index (χ3n) is 8.31. The molecule has 2 aliphatic heterocycles. The van der Waals surface area contributed by atoms with E-state index in [1.54, 1.807) is 36.5 Å². The van der Waals surface area contributed by atoms with E-state index in [1.807, 2.05) is 49.0 Å². The van der Waals surface area contributed by atoms with E-state index >= 15 is 4.79 Å². The van der Waals surface area contributed by atoms with Crippen LogP contribution in [0.25, 0.3) is 0 Å². The van der Waals surface area contributed by atoms with Gasteiger partial charge in [-0.3, -0.25) is 9.69 Å². The monoisotopic (exact) mass is 650 g/mol. The molecule has 0 saturated carbocycles. The van der Waals surface area contributed by atoms with Crippen LogP contribution in [0.4, 0.5) is 5.69 Å². The SMILES string of the molecule is CCOc1ccc(CN(C)C)cc1C1(N2CCCC2c2ncco2)C(=O)N(S(=O)(=O)c2ccc(OC)cc2)c2ccc(Cl)cc21. The lowest BCUT2D eigenvalue weighted by Gasteiger charge is -2.41. The second kappa shape index (κ2) is 12.1. The summed E-state index contributed by atoms with van der Waals surface area (Å²) in [4.78, 5) is 23.9. The summed E-state index contributed by atoms with van der Waals surface area (Å²) in [5, 5.41) is 0.365. The number of rotatable bonds is 10. The number of fused-ring (bicyclic) bond motifs is 1. The van der Waals surface area contributed by atoms with Crippen molar-refractivity contribution in [3.8, 4) is 11.5 Å². The Hall–Kier alpha value is -3.90. The molecule has 2 unspecified atom stereocenters. The predicted molar refractivity (Wildman–Crippen MR) is 170 cm³/mol. The van der Waals surface area contributed by atoms with Crippen LogP contribution in [0.1, 0.15) is 48.4 Å². The smallest absolute Gasteiger partial charge is 0.271 e. The van der Waals surface area contributed by atoms with Crippen LogP contribution in [-0.2, 0) is 26.9 Å². The van der Waals surface area contributed by atoms with Crippen molar-refractivity contribution in [3.05, 3.63) is 101 Å². The number of benzene rings is 3. The van der Waals surface area contributed by atoms with E-state index in [2.05, 4.69) is 4.98 Å². The molecule has 12 heteroatoms. The number of likely N-dealkylation sites (tertiary alicyclic amines) is 1. The van der Waals surface area contributed by atoms with Gasteiger partial charge in [-0.25, -0.2) is 17.7 Å². The van der Waals surface area contributed by atoms with Crippen LogP contribution in [0.15, 0.2) is 82.4 Å². The number of carbonyl (C=O) groups is 1. The van der Waals surface area contributed by atoms with E-state index in [0.717, 1.165) is 16.3 Å². The van der Waals surface area contributed by atoms with E-state index in [4.69, 9.17) is 25.5 Å². The Morgan fingerprint density at radius 3 is 2.53 bits per heavy atom. The molecule has 0 spiro atoms. The van der Waals surface area contributed by atoms with Crippen LogP contribution in [0.3, 0.4) is 0 Å². The van der Waals surface area contributed by atoms with E-state index in [9.17, 15) is 8.42 Å². The molecule has 2 atom stereocenters. The Balaban J connectivity index is 1.67. The van der Waals surface area contributed by atoms with Crippen LogP contribution >= 0.6 is 11.6 Å². The number of ether oxygens (including phenoxy) is 2. The summed E-state index contributed by atoms with van der Waals surface area (Å²) in [6, 6.07) is 16.2. The number of sulfonamides is 1. The molecule has 10 nitrogen and oxygen atoms in total. The number of hydrogen-bond acceptors (Lipinski definition) is 9. The molecule has 236 valence electrons. The Kier molecular flexibility index (Phi) is 8.38. The Morgan fingerprint density at radius 2 is 1.87 bits per heavy atom. The van der Waals surface area contributed by atoms with Crippen molar-refractivity contribution >= 4 is 33.2 Å². The zero-order valence-corrected chi connectivity index (χ0v) is 27.1. The largest absolute Gasteiger partial charge is 0.497 e. The van der Waals surface area contributed by atoms with Gasteiger partial charge in [-0.05, 0) is 94.0 Å². The van der Waals surface area contributed by atoms with Gasteiger partial charge < -0.3 is 18.8 Å². The molecule has 1 fully saturated rings. The van der Waals surface area contributed by atoms with Crippen LogP contribution in [0, 0.1) is 0 Å². The van der Waals surface area contributed by atoms with Gasteiger partial charge in [-0.1, -0.05) is 17.7 Å². The first-order valence-electron chi connectivity index (χ1n) is 14.7. The maximum Gasteiger partial charge on any atom is 0.271 e. The first-order valence-corrected chi connectivity index (χ1v) is 16.6. The first-order chi connectivity index (χ1) is 21.6. The highest BCUT2D eigenvalue weighted by Gasteiger charge is 2.62. The molecule has 4 aromatic rings. The van der Waals surface area contributed by atoms with Crippen LogP contribution in [-0.4, -0.2) is 63.5 Å². The lowest BCUT2D eigenvalue weighted by molar-refractivity contribution is -0.127. The molecular weight excluding hydrogens is 616 g/mol.